The molecule has 2 heterocycles. The van der Waals surface area contributed by atoms with Gasteiger partial charge in [0.1, 0.15) is 11.6 Å². The highest BCUT2D eigenvalue weighted by Crippen LogP contribution is 2.19. The van der Waals surface area contributed by atoms with Gasteiger partial charge in [-0.15, -0.1) is 0 Å². The largest absolute Gasteiger partial charge is 0.354 e. The van der Waals surface area contributed by atoms with E-state index in [0.29, 0.717) is 37.7 Å². The number of nitrogens with zero attached hydrogens (tertiary/aromatic N) is 4. The van der Waals surface area contributed by atoms with Crippen molar-refractivity contribution >= 4 is 21.8 Å². The maximum absolute atomic E-state index is 13.3. The number of hydrogen-bond acceptors (Lipinski definition) is 6. The molecule has 3 rings (SSSR count). The van der Waals surface area contributed by atoms with Crippen molar-refractivity contribution < 1.29 is 12.8 Å². The van der Waals surface area contributed by atoms with Crippen molar-refractivity contribution in [3.8, 4) is 0 Å². The first-order valence-electron chi connectivity index (χ1n) is 8.94. The van der Waals surface area contributed by atoms with Gasteiger partial charge in [-0.05, 0) is 31.5 Å². The molecule has 0 aliphatic carbocycles. The van der Waals surface area contributed by atoms with Gasteiger partial charge in [0.15, 0.2) is 0 Å². The third-order valence-electron chi connectivity index (χ3n) is 4.37. The van der Waals surface area contributed by atoms with Crippen LogP contribution in [0.4, 0.5) is 16.2 Å². The third kappa shape index (κ3) is 4.92. The number of aryl methyl sites for hydroxylation is 1. The Morgan fingerprint density at radius 3 is 2.56 bits per heavy atom. The fourth-order valence-electron chi connectivity index (χ4n) is 3.08. The van der Waals surface area contributed by atoms with Gasteiger partial charge >= 0.3 is 0 Å². The smallest absolute Gasteiger partial charge is 0.224 e. The van der Waals surface area contributed by atoms with E-state index in [1.165, 1.54) is 22.5 Å². The van der Waals surface area contributed by atoms with Crippen molar-refractivity contribution in [2.75, 3.05) is 42.9 Å². The van der Waals surface area contributed by atoms with E-state index in [1.807, 2.05) is 19.9 Å². The highest BCUT2D eigenvalue weighted by molar-refractivity contribution is 7.88. The van der Waals surface area contributed by atoms with Crippen LogP contribution in [0.3, 0.4) is 0 Å². The summed E-state index contributed by atoms with van der Waals surface area (Å²) < 4.78 is 40.1. The molecule has 1 aliphatic heterocycles. The Labute approximate surface area is 159 Å². The maximum Gasteiger partial charge on any atom is 0.224 e. The molecule has 146 valence electrons. The Hall–Kier alpha value is -2.26. The highest BCUT2D eigenvalue weighted by atomic mass is 32.2. The summed E-state index contributed by atoms with van der Waals surface area (Å²) in [6, 6.07) is 7.62. The van der Waals surface area contributed by atoms with E-state index in [1.54, 1.807) is 6.07 Å². The van der Waals surface area contributed by atoms with Crippen molar-refractivity contribution in [2.45, 2.75) is 19.6 Å². The lowest BCUT2D eigenvalue weighted by Crippen LogP contribution is -2.49. The molecular weight excluding hydrogens is 369 g/mol. The van der Waals surface area contributed by atoms with E-state index in [0.717, 1.165) is 18.1 Å². The quantitative estimate of drug-likeness (QED) is 0.809. The molecule has 9 heteroatoms. The molecule has 1 aliphatic rings. The van der Waals surface area contributed by atoms with Crippen LogP contribution >= 0.6 is 0 Å². The molecule has 0 unspecified atom stereocenters. The molecule has 1 fully saturated rings. The second-order valence-electron chi connectivity index (χ2n) is 6.49. The minimum atomic E-state index is -3.49. The van der Waals surface area contributed by atoms with Crippen molar-refractivity contribution in [3.63, 3.8) is 0 Å². The predicted molar refractivity (Wildman–Crippen MR) is 104 cm³/mol. The minimum absolute atomic E-state index is 0.193. The van der Waals surface area contributed by atoms with Crippen LogP contribution in [0.25, 0.3) is 0 Å². The molecular formula is C18H24FN5O2S. The van der Waals surface area contributed by atoms with Crippen molar-refractivity contribution in [1.29, 1.82) is 0 Å². The summed E-state index contributed by atoms with van der Waals surface area (Å²) in [5, 5.41) is 3.11. The first-order valence-corrected chi connectivity index (χ1v) is 10.5. The van der Waals surface area contributed by atoms with E-state index in [-0.39, 0.29) is 5.75 Å². The number of sulfonamides is 1. The molecule has 0 saturated carbocycles. The number of benzene rings is 1. The normalized spacial score (nSPS) is 15.7. The summed E-state index contributed by atoms with van der Waals surface area (Å²) >= 11 is 0. The molecule has 1 aromatic heterocycles. The average Bonchev–Trinajstić information content (AvgIpc) is 2.61. The third-order valence-corrected chi connectivity index (χ3v) is 6.22. The van der Waals surface area contributed by atoms with Gasteiger partial charge in [-0.2, -0.15) is 9.29 Å². The van der Waals surface area contributed by atoms with Gasteiger partial charge in [0.2, 0.25) is 16.0 Å². The molecule has 1 N–H and O–H groups in total. The lowest BCUT2D eigenvalue weighted by atomic mass is 10.2. The van der Waals surface area contributed by atoms with Crippen molar-refractivity contribution in [2.24, 2.45) is 0 Å². The second kappa shape index (κ2) is 8.18. The summed E-state index contributed by atoms with van der Waals surface area (Å²) in [6.45, 7) is 6.46. The molecule has 2 aromatic rings. The van der Waals surface area contributed by atoms with E-state index in [9.17, 15) is 12.8 Å². The molecule has 1 aromatic carbocycles. The summed E-state index contributed by atoms with van der Waals surface area (Å²) in [5.41, 5.74) is 1.32. The van der Waals surface area contributed by atoms with E-state index in [4.69, 9.17) is 0 Å². The van der Waals surface area contributed by atoms with Gasteiger partial charge in [0.25, 0.3) is 0 Å². The Morgan fingerprint density at radius 1 is 1.15 bits per heavy atom. The average molecular weight is 393 g/mol. The van der Waals surface area contributed by atoms with Crippen LogP contribution in [-0.2, 0) is 15.8 Å². The van der Waals surface area contributed by atoms with Crippen molar-refractivity contribution in [3.05, 3.63) is 47.4 Å². The molecule has 0 radical (unpaired) electrons. The Kier molecular flexibility index (Phi) is 5.91. The SMILES string of the molecule is CCNc1nc(C)cc(N2CCN(S(=O)(=O)Cc3cccc(F)c3)CC2)n1. The monoisotopic (exact) mass is 393 g/mol. The lowest BCUT2D eigenvalue weighted by Gasteiger charge is -2.34. The zero-order valence-corrected chi connectivity index (χ0v) is 16.3. The van der Waals surface area contributed by atoms with Crippen LogP contribution in [-0.4, -0.2) is 55.4 Å². The number of piperazine rings is 1. The number of aromatic nitrogens is 2. The molecule has 7 nitrogen and oxygen atoms in total. The fraction of sp³-hybridized carbons (Fsp3) is 0.444. The molecule has 27 heavy (non-hydrogen) atoms. The van der Waals surface area contributed by atoms with E-state index >= 15 is 0 Å². The summed E-state index contributed by atoms with van der Waals surface area (Å²) in [5.74, 6) is 0.750. The lowest BCUT2D eigenvalue weighted by molar-refractivity contribution is 0.383. The van der Waals surface area contributed by atoms with Crippen LogP contribution in [0.15, 0.2) is 30.3 Å². The number of anilines is 2. The molecule has 1 saturated heterocycles. The van der Waals surface area contributed by atoms with Gasteiger partial charge < -0.3 is 10.2 Å². The maximum atomic E-state index is 13.3. The predicted octanol–water partition coefficient (Wildman–Crippen LogP) is 2.01. The van der Waals surface area contributed by atoms with Crippen LogP contribution in [0, 0.1) is 12.7 Å². The molecule has 0 spiro atoms. The van der Waals surface area contributed by atoms with E-state index < -0.39 is 15.8 Å². The molecule has 0 atom stereocenters. The van der Waals surface area contributed by atoms with Gasteiger partial charge in [0, 0.05) is 44.5 Å². The number of hydrogen-bond donors (Lipinski definition) is 1. The zero-order chi connectivity index (χ0) is 19.4. The highest BCUT2D eigenvalue weighted by Gasteiger charge is 2.28. The summed E-state index contributed by atoms with van der Waals surface area (Å²) in [4.78, 5) is 10.9. The van der Waals surface area contributed by atoms with Gasteiger partial charge in [-0.3, -0.25) is 0 Å². The number of halogens is 1. The van der Waals surface area contributed by atoms with Gasteiger partial charge in [0.05, 0.1) is 5.75 Å². The standard InChI is InChI=1S/C18H24FN5O2S/c1-3-20-18-21-14(2)11-17(22-18)23-7-9-24(10-8-23)27(25,26)13-15-5-4-6-16(19)12-15/h4-6,11-12H,3,7-10,13H2,1-2H3,(H,20,21,22). The number of rotatable bonds is 6. The molecule has 0 bridgehead atoms. The van der Waals surface area contributed by atoms with Crippen LogP contribution < -0.4 is 10.2 Å². The summed E-state index contributed by atoms with van der Waals surface area (Å²) in [7, 11) is -3.49. The van der Waals surface area contributed by atoms with E-state index in [2.05, 4.69) is 20.2 Å². The Morgan fingerprint density at radius 2 is 1.89 bits per heavy atom. The first kappa shape index (κ1) is 19.5. The van der Waals surface area contributed by atoms with Crippen LogP contribution in [0.1, 0.15) is 18.2 Å². The van der Waals surface area contributed by atoms with Gasteiger partial charge in [-0.1, -0.05) is 12.1 Å². The van der Waals surface area contributed by atoms with Crippen LogP contribution in [0.5, 0.6) is 0 Å². The molecule has 0 amide bonds. The Balaban J connectivity index is 1.66. The first-order chi connectivity index (χ1) is 12.9. The zero-order valence-electron chi connectivity index (χ0n) is 15.5. The second-order valence-corrected chi connectivity index (χ2v) is 8.46. The van der Waals surface area contributed by atoms with Crippen molar-refractivity contribution in [1.82, 2.24) is 14.3 Å². The minimum Gasteiger partial charge on any atom is -0.354 e. The Bertz CT molecular complexity index is 898. The summed E-state index contributed by atoms with van der Waals surface area (Å²) in [6.07, 6.45) is 0. The van der Waals surface area contributed by atoms with Crippen LogP contribution in [0.2, 0.25) is 0 Å². The number of nitrogens with one attached hydrogen (secondary N) is 1. The topological polar surface area (TPSA) is 78.4 Å². The van der Waals surface area contributed by atoms with Gasteiger partial charge in [-0.25, -0.2) is 17.8 Å². The fourth-order valence-corrected chi connectivity index (χ4v) is 4.58.